The average molecular weight is 643 g/mol. The molecule has 2 aliphatic carbocycles. The van der Waals surface area contributed by atoms with Crippen LogP contribution in [-0.4, -0.2) is 112 Å². The van der Waals surface area contributed by atoms with Gasteiger partial charge in [-0.1, -0.05) is 5.16 Å². The third-order valence-electron chi connectivity index (χ3n) is 6.65. The molecule has 0 spiro atoms. The maximum absolute atomic E-state index is 13.1. The Morgan fingerprint density at radius 1 is 1.33 bits per heavy atom. The molecule has 1 aromatic heterocycles. The predicted molar refractivity (Wildman–Crippen MR) is 153 cm³/mol. The second-order valence-electron chi connectivity index (χ2n) is 9.95. The van der Waals surface area contributed by atoms with E-state index in [1.54, 1.807) is 0 Å². The third kappa shape index (κ3) is 7.52. The molecule has 3 aliphatic rings. The summed E-state index contributed by atoms with van der Waals surface area (Å²) < 4.78 is 33.3. The topological polar surface area (TPSA) is 326 Å². The number of amides is 2. The number of hydrogen-bond donors (Lipinski definition) is 9. The van der Waals surface area contributed by atoms with E-state index in [1.807, 2.05) is 0 Å². The van der Waals surface area contributed by atoms with Gasteiger partial charge in [0.1, 0.15) is 11.7 Å². The number of thiazole rings is 1. The van der Waals surface area contributed by atoms with Crippen molar-refractivity contribution in [1.82, 2.24) is 25.3 Å². The predicted octanol–water partition coefficient (Wildman–Crippen LogP) is -3.45. The lowest BCUT2D eigenvalue weighted by Gasteiger charge is -2.43. The Morgan fingerprint density at radius 2 is 2.02 bits per heavy atom. The van der Waals surface area contributed by atoms with Gasteiger partial charge < -0.3 is 48.6 Å². The lowest BCUT2D eigenvalue weighted by molar-refractivity contribution is -0.153. The SMILES string of the molecule is N=C(/C=N\NCC1C(NC(=O)/C(=N\OC2(C(=O)O)CC2)c2csc(N)n2)C(=O)N1S(=O)(=O)O)CN=C(N)NC1CC(N)C1. The highest BCUT2D eigenvalue weighted by atomic mass is 32.2. The van der Waals surface area contributed by atoms with Gasteiger partial charge in [0.15, 0.2) is 16.8 Å². The fraction of sp³-hybridized carbons (Fsp3) is 0.524. The Labute approximate surface area is 248 Å². The van der Waals surface area contributed by atoms with E-state index in [-0.39, 0.29) is 64.8 Å². The summed E-state index contributed by atoms with van der Waals surface area (Å²) in [5.74, 6) is -3.35. The highest BCUT2D eigenvalue weighted by Crippen LogP contribution is 2.40. The molecule has 2 unspecified atom stereocenters. The summed E-state index contributed by atoms with van der Waals surface area (Å²) in [5, 5.41) is 31.4. The molecule has 234 valence electrons. The van der Waals surface area contributed by atoms with Crippen molar-refractivity contribution in [3.63, 3.8) is 0 Å². The normalized spacial score (nSPS) is 25.0. The molecule has 0 aromatic carbocycles. The zero-order chi connectivity index (χ0) is 31.5. The number of nitrogen functional groups attached to an aromatic ring is 1. The summed E-state index contributed by atoms with van der Waals surface area (Å²) in [7, 11) is -5.01. The Balaban J connectivity index is 1.38. The molecule has 1 saturated heterocycles. The first-order valence-corrected chi connectivity index (χ1v) is 15.0. The standard InChI is InChI=1S/C21H30N12O8S2/c22-9-3-11(4-9)29-19(24)26-5-10(23)6-27-28-7-13-15(17(35)33(13)43(38,39)40)31-16(34)14(12-8-42-20(25)30-12)32-41-21(1-2-21)18(36)37/h6,8-9,11,13,15,23,28H,1-5,7,22H2,(H2,25,30)(H,31,34)(H,36,37)(H3,24,26,29)(H,38,39,40)/b23-10?,27-6-,32-14-. The molecular formula is C21H30N12O8S2. The molecule has 1 aromatic rings. The van der Waals surface area contributed by atoms with Crippen LogP contribution in [0.4, 0.5) is 5.13 Å². The molecule has 1 aliphatic heterocycles. The third-order valence-corrected chi connectivity index (χ3v) is 8.27. The second kappa shape index (κ2) is 12.4. The number of β-lactam (4-membered cyclic amide) rings is 1. The van der Waals surface area contributed by atoms with Gasteiger partial charge in [-0.2, -0.15) is 13.5 Å². The van der Waals surface area contributed by atoms with Crippen LogP contribution in [0.2, 0.25) is 0 Å². The van der Waals surface area contributed by atoms with Crippen molar-refractivity contribution in [3.8, 4) is 0 Å². The van der Waals surface area contributed by atoms with Gasteiger partial charge in [-0.05, 0) is 12.8 Å². The van der Waals surface area contributed by atoms with E-state index in [9.17, 15) is 32.5 Å². The minimum absolute atomic E-state index is 0.0605. The van der Waals surface area contributed by atoms with Gasteiger partial charge in [0.05, 0.1) is 31.1 Å². The number of nitrogens with one attached hydrogen (secondary N) is 4. The molecule has 22 heteroatoms. The van der Waals surface area contributed by atoms with E-state index in [0.29, 0.717) is 0 Å². The number of aromatic nitrogens is 1. The van der Waals surface area contributed by atoms with Crippen LogP contribution in [0.25, 0.3) is 0 Å². The van der Waals surface area contributed by atoms with Crippen LogP contribution >= 0.6 is 11.3 Å². The van der Waals surface area contributed by atoms with Crippen LogP contribution < -0.4 is 33.3 Å². The monoisotopic (exact) mass is 642 g/mol. The molecule has 0 bridgehead atoms. The molecule has 3 fully saturated rings. The molecule has 2 atom stereocenters. The summed E-state index contributed by atoms with van der Waals surface area (Å²) >= 11 is 0.956. The minimum Gasteiger partial charge on any atom is -0.478 e. The number of carboxylic acids is 1. The van der Waals surface area contributed by atoms with E-state index < -0.39 is 51.5 Å². The number of aliphatic carboxylic acids is 1. The van der Waals surface area contributed by atoms with E-state index >= 15 is 0 Å². The number of hydrazone groups is 1. The van der Waals surface area contributed by atoms with Crippen molar-refractivity contribution in [2.45, 2.75) is 55.5 Å². The Hall–Kier alpha value is -4.41. The first-order chi connectivity index (χ1) is 20.2. The Morgan fingerprint density at radius 3 is 2.58 bits per heavy atom. The smallest absolute Gasteiger partial charge is 0.362 e. The molecule has 43 heavy (non-hydrogen) atoms. The first kappa shape index (κ1) is 31.5. The quantitative estimate of drug-likeness (QED) is 0.0313. The molecule has 12 N–H and O–H groups in total. The number of nitrogens with two attached hydrogens (primary N) is 3. The highest BCUT2D eigenvalue weighted by molar-refractivity contribution is 7.84. The van der Waals surface area contributed by atoms with Crippen molar-refractivity contribution >= 4 is 68.2 Å². The Kier molecular flexibility index (Phi) is 9.12. The van der Waals surface area contributed by atoms with Gasteiger partial charge in [-0.25, -0.2) is 19.1 Å². The molecule has 2 heterocycles. The van der Waals surface area contributed by atoms with Crippen LogP contribution in [-0.2, 0) is 29.5 Å². The van der Waals surface area contributed by atoms with E-state index in [0.717, 1.165) is 30.4 Å². The zero-order valence-corrected chi connectivity index (χ0v) is 24.0. The lowest BCUT2D eigenvalue weighted by Crippen LogP contribution is -2.74. The van der Waals surface area contributed by atoms with Crippen LogP contribution in [0.15, 0.2) is 20.6 Å². The first-order valence-electron chi connectivity index (χ1n) is 12.7. The number of carboxylic acid groups (broad SMARTS) is 1. The number of rotatable bonds is 14. The van der Waals surface area contributed by atoms with Crippen molar-refractivity contribution in [3.05, 3.63) is 11.1 Å². The van der Waals surface area contributed by atoms with E-state index in [2.05, 4.69) is 36.3 Å². The summed E-state index contributed by atoms with van der Waals surface area (Å²) in [4.78, 5) is 50.2. The van der Waals surface area contributed by atoms with Crippen molar-refractivity contribution in [2.75, 3.05) is 18.8 Å². The van der Waals surface area contributed by atoms with Crippen LogP contribution in [0.3, 0.4) is 0 Å². The highest BCUT2D eigenvalue weighted by Gasteiger charge is 2.56. The minimum atomic E-state index is -5.01. The van der Waals surface area contributed by atoms with Crippen LogP contribution in [0.1, 0.15) is 31.4 Å². The number of aliphatic imine (C=N–C) groups is 1. The maximum Gasteiger partial charge on any atom is 0.362 e. The fourth-order valence-corrected chi connectivity index (χ4v) is 5.51. The second-order valence-corrected chi connectivity index (χ2v) is 12.1. The molecular weight excluding hydrogens is 612 g/mol. The molecule has 4 rings (SSSR count). The fourth-order valence-electron chi connectivity index (χ4n) is 4.08. The van der Waals surface area contributed by atoms with Gasteiger partial charge >= 0.3 is 16.3 Å². The zero-order valence-electron chi connectivity index (χ0n) is 22.3. The van der Waals surface area contributed by atoms with Gasteiger partial charge in [0.2, 0.25) is 5.60 Å². The number of oxime groups is 1. The van der Waals surface area contributed by atoms with Crippen LogP contribution in [0, 0.1) is 5.41 Å². The average Bonchev–Trinajstić information content (AvgIpc) is 3.59. The Bertz CT molecular complexity index is 1480. The molecule has 2 saturated carbocycles. The molecule has 2 amide bonds. The van der Waals surface area contributed by atoms with Gasteiger partial charge in [0.25, 0.3) is 11.8 Å². The number of hydrogen-bond acceptors (Lipinski definition) is 15. The summed E-state index contributed by atoms with van der Waals surface area (Å²) in [6.45, 7) is -0.501. The maximum atomic E-state index is 13.1. The van der Waals surface area contributed by atoms with Gasteiger partial charge in [0, 0.05) is 30.3 Å². The van der Waals surface area contributed by atoms with Crippen molar-refractivity contribution in [2.24, 2.45) is 26.7 Å². The largest absolute Gasteiger partial charge is 0.478 e. The number of carbonyl (C=O) groups is 3. The number of carbonyl (C=O) groups excluding carboxylic acids is 2. The summed E-state index contributed by atoms with van der Waals surface area (Å²) in [5.41, 5.74) is 17.3. The number of anilines is 1. The van der Waals surface area contributed by atoms with E-state index in [4.69, 9.17) is 27.4 Å². The van der Waals surface area contributed by atoms with Gasteiger partial charge in [-0.15, -0.1) is 11.3 Å². The number of nitrogens with zero attached hydrogens (tertiary/aromatic N) is 5. The van der Waals surface area contributed by atoms with Crippen LogP contribution in [0.5, 0.6) is 0 Å². The van der Waals surface area contributed by atoms with E-state index in [1.165, 1.54) is 5.38 Å². The van der Waals surface area contributed by atoms with Gasteiger partial charge in [-0.3, -0.25) is 14.1 Å². The molecule has 0 radical (unpaired) electrons. The van der Waals surface area contributed by atoms with Crippen molar-refractivity contribution < 1.29 is 37.3 Å². The van der Waals surface area contributed by atoms with Crippen molar-refractivity contribution in [1.29, 1.82) is 5.41 Å². The molecule has 20 nitrogen and oxygen atoms in total. The summed E-state index contributed by atoms with van der Waals surface area (Å²) in [6.07, 6.45) is 2.91. The number of guanidine groups is 1. The summed E-state index contributed by atoms with van der Waals surface area (Å²) in [6, 6.07) is -2.58. The lowest BCUT2D eigenvalue weighted by atomic mass is 9.88.